The number of furan rings is 1. The molecule has 2 heterocycles. The Morgan fingerprint density at radius 1 is 1.15 bits per heavy atom. The van der Waals surface area contributed by atoms with E-state index in [1.807, 2.05) is 42.2 Å². The lowest BCUT2D eigenvalue weighted by Gasteiger charge is -2.21. The van der Waals surface area contributed by atoms with Crippen LogP contribution in [0.15, 0.2) is 40.8 Å². The van der Waals surface area contributed by atoms with E-state index in [1.165, 1.54) is 19.4 Å². The fourth-order valence-corrected chi connectivity index (χ4v) is 3.61. The van der Waals surface area contributed by atoms with E-state index in [9.17, 15) is 4.79 Å². The molecule has 0 atom stereocenters. The Balaban J connectivity index is 1.31. The minimum absolute atomic E-state index is 0.00919. The lowest BCUT2D eigenvalue weighted by atomic mass is 10.2. The number of hydrogen-bond acceptors (Lipinski definition) is 4. The molecule has 4 rings (SSSR count). The summed E-state index contributed by atoms with van der Waals surface area (Å²) in [6.07, 6.45) is 3.78. The van der Waals surface area contributed by atoms with Crippen LogP contribution < -0.4 is 4.74 Å². The highest BCUT2D eigenvalue weighted by Gasteiger charge is 2.27. The summed E-state index contributed by atoms with van der Waals surface area (Å²) >= 11 is 0. The standard InChI is InChI=1S/C22H28N2O3/c1-17-4-2-5-19(14-17)26-16-20-8-9-21(27-20)22(25)24-11-3-10-23(12-13-24)15-18-6-7-18/h2,4-5,8-9,14,18H,3,6-7,10-13,15-16H2,1H3. The van der Waals surface area contributed by atoms with E-state index in [1.54, 1.807) is 6.07 Å². The molecule has 5 nitrogen and oxygen atoms in total. The van der Waals surface area contributed by atoms with Crippen LogP contribution in [0.5, 0.6) is 5.75 Å². The predicted molar refractivity (Wildman–Crippen MR) is 104 cm³/mol. The maximum Gasteiger partial charge on any atom is 0.289 e. The minimum atomic E-state index is -0.00919. The zero-order valence-electron chi connectivity index (χ0n) is 16.0. The van der Waals surface area contributed by atoms with Crippen LogP contribution in [-0.2, 0) is 6.61 Å². The van der Waals surface area contributed by atoms with Gasteiger partial charge in [-0.15, -0.1) is 0 Å². The summed E-state index contributed by atoms with van der Waals surface area (Å²) in [5.41, 5.74) is 1.15. The van der Waals surface area contributed by atoms with E-state index in [0.717, 1.165) is 49.8 Å². The Bertz CT molecular complexity index is 781. The van der Waals surface area contributed by atoms with Crippen molar-refractivity contribution < 1.29 is 13.9 Å². The molecular formula is C22H28N2O3. The molecule has 0 bridgehead atoms. The fraction of sp³-hybridized carbons (Fsp3) is 0.500. The second-order valence-corrected chi connectivity index (χ2v) is 7.76. The van der Waals surface area contributed by atoms with E-state index in [0.29, 0.717) is 18.1 Å². The van der Waals surface area contributed by atoms with Crippen molar-refractivity contribution in [2.24, 2.45) is 5.92 Å². The van der Waals surface area contributed by atoms with Crippen molar-refractivity contribution in [1.82, 2.24) is 9.80 Å². The first-order valence-electron chi connectivity index (χ1n) is 9.97. The zero-order valence-corrected chi connectivity index (χ0v) is 16.0. The lowest BCUT2D eigenvalue weighted by molar-refractivity contribution is 0.0725. The maximum atomic E-state index is 12.8. The van der Waals surface area contributed by atoms with Gasteiger partial charge in [0.15, 0.2) is 5.76 Å². The number of benzene rings is 1. The van der Waals surface area contributed by atoms with Gasteiger partial charge < -0.3 is 19.0 Å². The van der Waals surface area contributed by atoms with E-state index < -0.39 is 0 Å². The van der Waals surface area contributed by atoms with Crippen LogP contribution >= 0.6 is 0 Å². The highest BCUT2D eigenvalue weighted by molar-refractivity contribution is 5.91. The molecule has 0 radical (unpaired) electrons. The van der Waals surface area contributed by atoms with Crippen molar-refractivity contribution in [3.8, 4) is 5.75 Å². The molecule has 2 aliphatic rings. The molecule has 1 aromatic carbocycles. The molecule has 1 aliphatic carbocycles. The van der Waals surface area contributed by atoms with E-state index in [-0.39, 0.29) is 5.91 Å². The number of rotatable bonds is 6. The smallest absolute Gasteiger partial charge is 0.289 e. The van der Waals surface area contributed by atoms with Gasteiger partial charge in [-0.3, -0.25) is 4.79 Å². The average molecular weight is 368 g/mol. The first kappa shape index (κ1) is 18.1. The first-order valence-corrected chi connectivity index (χ1v) is 9.97. The highest BCUT2D eigenvalue weighted by atomic mass is 16.5. The van der Waals surface area contributed by atoms with Crippen molar-refractivity contribution in [1.29, 1.82) is 0 Å². The third-order valence-electron chi connectivity index (χ3n) is 5.33. The summed E-state index contributed by atoms with van der Waals surface area (Å²) in [6, 6.07) is 11.5. The monoisotopic (exact) mass is 368 g/mol. The molecule has 0 unspecified atom stereocenters. The summed E-state index contributed by atoms with van der Waals surface area (Å²) in [4.78, 5) is 17.2. The maximum absolute atomic E-state index is 12.8. The zero-order chi connectivity index (χ0) is 18.6. The quantitative estimate of drug-likeness (QED) is 0.779. The lowest BCUT2D eigenvalue weighted by Crippen LogP contribution is -2.35. The Labute approximate surface area is 160 Å². The van der Waals surface area contributed by atoms with E-state index >= 15 is 0 Å². The van der Waals surface area contributed by atoms with Crippen LogP contribution in [0.1, 0.15) is 41.1 Å². The molecule has 1 aromatic heterocycles. The number of nitrogens with zero attached hydrogens (tertiary/aromatic N) is 2. The van der Waals surface area contributed by atoms with Gasteiger partial charge in [0, 0.05) is 26.2 Å². The summed E-state index contributed by atoms with van der Waals surface area (Å²) in [5.74, 6) is 2.78. The van der Waals surface area contributed by atoms with Gasteiger partial charge in [-0.1, -0.05) is 12.1 Å². The second-order valence-electron chi connectivity index (χ2n) is 7.76. The number of carbonyl (C=O) groups is 1. The van der Waals surface area contributed by atoms with Crippen LogP contribution in [0, 0.1) is 12.8 Å². The minimum Gasteiger partial charge on any atom is -0.486 e. The van der Waals surface area contributed by atoms with Gasteiger partial charge in [0.2, 0.25) is 0 Å². The number of aryl methyl sites for hydroxylation is 1. The Morgan fingerprint density at radius 2 is 2.04 bits per heavy atom. The van der Waals surface area contributed by atoms with Crippen LogP contribution in [0.3, 0.4) is 0 Å². The van der Waals surface area contributed by atoms with Gasteiger partial charge in [-0.2, -0.15) is 0 Å². The van der Waals surface area contributed by atoms with Crippen molar-refractivity contribution in [3.63, 3.8) is 0 Å². The van der Waals surface area contributed by atoms with Gasteiger partial charge in [-0.05, 0) is 68.5 Å². The number of ether oxygens (including phenoxy) is 1. The van der Waals surface area contributed by atoms with Crippen LogP contribution in [0.4, 0.5) is 0 Å². The SMILES string of the molecule is Cc1cccc(OCc2ccc(C(=O)N3CCCN(CC4CC4)CC3)o2)c1. The number of amides is 1. The Morgan fingerprint density at radius 3 is 2.85 bits per heavy atom. The molecule has 144 valence electrons. The van der Waals surface area contributed by atoms with Crippen molar-refractivity contribution >= 4 is 5.91 Å². The summed E-state index contributed by atoms with van der Waals surface area (Å²) < 4.78 is 11.5. The van der Waals surface area contributed by atoms with Crippen molar-refractivity contribution in [2.45, 2.75) is 32.8 Å². The Hall–Kier alpha value is -2.27. The molecule has 1 saturated heterocycles. The normalized spacial score (nSPS) is 18.3. The fourth-order valence-electron chi connectivity index (χ4n) is 3.61. The van der Waals surface area contributed by atoms with Crippen LogP contribution in [-0.4, -0.2) is 48.4 Å². The summed E-state index contributed by atoms with van der Waals surface area (Å²) in [6.45, 7) is 7.19. The molecule has 5 heteroatoms. The van der Waals surface area contributed by atoms with E-state index in [4.69, 9.17) is 9.15 Å². The molecule has 1 saturated carbocycles. The number of hydrogen-bond donors (Lipinski definition) is 0. The van der Waals surface area contributed by atoms with Gasteiger partial charge in [0.1, 0.15) is 18.1 Å². The molecule has 0 N–H and O–H groups in total. The van der Waals surface area contributed by atoms with Crippen molar-refractivity contribution in [3.05, 3.63) is 53.5 Å². The summed E-state index contributed by atoms with van der Waals surface area (Å²) in [7, 11) is 0. The molecule has 2 fully saturated rings. The average Bonchev–Trinajstić information content (AvgIpc) is 3.41. The molecule has 27 heavy (non-hydrogen) atoms. The number of carbonyl (C=O) groups excluding carboxylic acids is 1. The van der Waals surface area contributed by atoms with Gasteiger partial charge in [0.25, 0.3) is 5.91 Å². The van der Waals surface area contributed by atoms with Gasteiger partial charge in [0.05, 0.1) is 0 Å². The molecule has 0 spiro atoms. The largest absolute Gasteiger partial charge is 0.486 e. The predicted octanol–water partition coefficient (Wildman–Crippen LogP) is 3.72. The third kappa shape index (κ3) is 4.92. The molecule has 1 aliphatic heterocycles. The Kier molecular flexibility index (Phi) is 5.48. The van der Waals surface area contributed by atoms with Gasteiger partial charge in [-0.25, -0.2) is 0 Å². The topological polar surface area (TPSA) is 45.9 Å². The van der Waals surface area contributed by atoms with Crippen LogP contribution in [0.25, 0.3) is 0 Å². The summed E-state index contributed by atoms with van der Waals surface area (Å²) in [5, 5.41) is 0. The highest BCUT2D eigenvalue weighted by Crippen LogP contribution is 2.30. The third-order valence-corrected chi connectivity index (χ3v) is 5.33. The van der Waals surface area contributed by atoms with Crippen LogP contribution in [0.2, 0.25) is 0 Å². The molecule has 2 aromatic rings. The van der Waals surface area contributed by atoms with E-state index in [2.05, 4.69) is 4.90 Å². The molecule has 1 amide bonds. The van der Waals surface area contributed by atoms with Gasteiger partial charge >= 0.3 is 0 Å². The first-order chi connectivity index (χ1) is 13.2. The molecular weight excluding hydrogens is 340 g/mol. The second kappa shape index (κ2) is 8.17. The van der Waals surface area contributed by atoms with Crippen molar-refractivity contribution in [2.75, 3.05) is 32.7 Å².